The molecule has 0 radical (unpaired) electrons. The molecule has 0 fully saturated rings. The second-order valence-corrected chi connectivity index (χ2v) is 8.49. The molecule has 1 aliphatic heterocycles. The van der Waals surface area contributed by atoms with Gasteiger partial charge in [0.2, 0.25) is 15.8 Å². The number of ether oxygens (including phenoxy) is 1. The zero-order valence-electron chi connectivity index (χ0n) is 13.6. The molecule has 2 aromatic rings. The van der Waals surface area contributed by atoms with Crippen molar-refractivity contribution < 1.29 is 22.3 Å². The van der Waals surface area contributed by atoms with Crippen LogP contribution in [0.15, 0.2) is 41.3 Å². The molecule has 8 heteroatoms. The monoisotopic (exact) mass is 381 g/mol. The van der Waals surface area contributed by atoms with E-state index in [0.29, 0.717) is 28.2 Å². The van der Waals surface area contributed by atoms with E-state index >= 15 is 0 Å². The van der Waals surface area contributed by atoms with E-state index in [9.17, 15) is 17.6 Å². The molecule has 2 heterocycles. The first-order valence-electron chi connectivity index (χ1n) is 7.53. The summed E-state index contributed by atoms with van der Waals surface area (Å²) in [6.45, 7) is 3.52. The van der Waals surface area contributed by atoms with E-state index in [1.54, 1.807) is 6.92 Å². The highest BCUT2D eigenvalue weighted by atomic mass is 32.2. The highest BCUT2D eigenvalue weighted by Crippen LogP contribution is 2.44. The number of hydrogen-bond donors (Lipinski definition) is 1. The minimum atomic E-state index is -3.82. The zero-order chi connectivity index (χ0) is 18.4. The quantitative estimate of drug-likeness (QED) is 0.881. The molecule has 0 aliphatic carbocycles. The summed E-state index contributed by atoms with van der Waals surface area (Å²) in [5.41, 5.74) is -0.202. The van der Waals surface area contributed by atoms with Crippen LogP contribution < -0.4 is 5.14 Å². The lowest BCUT2D eigenvalue weighted by atomic mass is 9.93. The topological polar surface area (TPSA) is 86.5 Å². The molecule has 0 amide bonds. The first kappa shape index (κ1) is 17.8. The Morgan fingerprint density at radius 1 is 1.20 bits per heavy atom. The van der Waals surface area contributed by atoms with Crippen molar-refractivity contribution in [3.8, 4) is 0 Å². The van der Waals surface area contributed by atoms with E-state index in [-0.39, 0.29) is 10.7 Å². The van der Waals surface area contributed by atoms with E-state index in [1.165, 1.54) is 36.4 Å². The average molecular weight is 381 g/mol. The second kappa shape index (κ2) is 6.05. The van der Waals surface area contributed by atoms with Gasteiger partial charge in [0.25, 0.3) is 0 Å². The molecule has 0 bridgehead atoms. The van der Waals surface area contributed by atoms with Crippen LogP contribution in [0.3, 0.4) is 0 Å². The summed E-state index contributed by atoms with van der Waals surface area (Å²) in [6.07, 6.45) is 0.446. The number of nitrogens with two attached hydrogens (primary N) is 1. The Balaban J connectivity index is 2.15. The van der Waals surface area contributed by atoms with Crippen molar-refractivity contribution in [3.05, 3.63) is 52.0 Å². The molecule has 0 saturated carbocycles. The molecule has 1 atom stereocenters. The van der Waals surface area contributed by atoms with Crippen LogP contribution in [0.2, 0.25) is 0 Å². The number of rotatable bonds is 4. The van der Waals surface area contributed by atoms with Gasteiger partial charge in [0.1, 0.15) is 5.76 Å². The first-order chi connectivity index (χ1) is 11.7. The van der Waals surface area contributed by atoms with E-state index in [1.807, 2.05) is 6.92 Å². The first-order valence-corrected chi connectivity index (χ1v) is 9.89. The number of benzene rings is 1. The number of hydrogen-bond acceptors (Lipinski definition) is 5. The summed E-state index contributed by atoms with van der Waals surface area (Å²) in [5.74, 6) is 0.0968. The Labute approximate surface area is 149 Å². The molecule has 1 aromatic carbocycles. The fourth-order valence-electron chi connectivity index (χ4n) is 2.59. The summed E-state index contributed by atoms with van der Waals surface area (Å²) < 4.78 is 42.2. The highest BCUT2D eigenvalue weighted by molar-refractivity contribution is 7.89. The second-order valence-electron chi connectivity index (χ2n) is 5.89. The van der Waals surface area contributed by atoms with Crippen molar-refractivity contribution in [2.45, 2.75) is 30.8 Å². The number of carbonyl (C=O) groups is 1. The predicted octanol–water partition coefficient (Wildman–Crippen LogP) is 3.17. The van der Waals surface area contributed by atoms with Gasteiger partial charge in [-0.25, -0.2) is 13.6 Å². The average Bonchev–Trinajstić information content (AvgIpc) is 3.09. The van der Waals surface area contributed by atoms with Crippen LogP contribution in [0.1, 0.15) is 30.7 Å². The Bertz CT molecular complexity index is 976. The number of primary sulfonamides is 1. The van der Waals surface area contributed by atoms with Crippen LogP contribution >= 0.6 is 11.3 Å². The third-order valence-corrected chi connectivity index (χ3v) is 6.02. The normalized spacial score (nSPS) is 20.9. The third-order valence-electron chi connectivity index (χ3n) is 4.20. The maximum absolute atomic E-state index is 13.5. The molecule has 132 valence electrons. The maximum atomic E-state index is 13.5. The van der Waals surface area contributed by atoms with E-state index in [0.717, 1.165) is 11.3 Å². The number of Topliss-reactive ketones (excluding diaryl/α,β-unsaturated/α-hetero) is 1. The summed E-state index contributed by atoms with van der Waals surface area (Å²) in [7, 11) is -3.82. The number of sulfonamides is 1. The molecule has 5 nitrogen and oxygen atoms in total. The lowest BCUT2D eigenvalue weighted by Gasteiger charge is -2.21. The van der Waals surface area contributed by atoms with Crippen LogP contribution in [0.4, 0.5) is 4.39 Å². The lowest BCUT2D eigenvalue weighted by Crippen LogP contribution is -2.32. The van der Waals surface area contributed by atoms with Gasteiger partial charge in [-0.15, -0.1) is 11.3 Å². The minimum Gasteiger partial charge on any atom is -0.478 e. The number of halogens is 1. The fraction of sp³-hybridized carbons (Fsp3) is 0.235. The van der Waals surface area contributed by atoms with Crippen molar-refractivity contribution in [2.75, 3.05) is 0 Å². The Kier molecular flexibility index (Phi) is 4.30. The van der Waals surface area contributed by atoms with Gasteiger partial charge < -0.3 is 4.74 Å². The van der Waals surface area contributed by atoms with E-state index < -0.39 is 20.8 Å². The molecule has 25 heavy (non-hydrogen) atoms. The lowest BCUT2D eigenvalue weighted by molar-refractivity contribution is -0.126. The largest absolute Gasteiger partial charge is 0.478 e. The van der Waals surface area contributed by atoms with Crippen molar-refractivity contribution >= 4 is 38.5 Å². The van der Waals surface area contributed by atoms with Gasteiger partial charge in [-0.2, -0.15) is 4.39 Å². The van der Waals surface area contributed by atoms with Crippen LogP contribution in [0.25, 0.3) is 11.3 Å². The minimum absolute atomic E-state index is 0.0388. The van der Waals surface area contributed by atoms with Gasteiger partial charge in [0.15, 0.2) is 10.7 Å². The molecular formula is C17H16FNO4S2. The fourth-order valence-corrected chi connectivity index (χ4v) is 3.88. The highest BCUT2D eigenvalue weighted by Gasteiger charge is 2.45. The summed E-state index contributed by atoms with van der Waals surface area (Å²) >= 11 is 0.865. The van der Waals surface area contributed by atoms with Gasteiger partial charge in [-0.3, -0.25) is 4.79 Å². The van der Waals surface area contributed by atoms with Gasteiger partial charge in [0, 0.05) is 10.4 Å². The summed E-state index contributed by atoms with van der Waals surface area (Å²) in [5, 5.41) is 4.70. The van der Waals surface area contributed by atoms with Crippen molar-refractivity contribution in [2.24, 2.45) is 5.14 Å². The predicted molar refractivity (Wildman–Crippen MR) is 93.7 cm³/mol. The van der Waals surface area contributed by atoms with Gasteiger partial charge in [-0.1, -0.05) is 6.92 Å². The Hall–Kier alpha value is -2.03. The van der Waals surface area contributed by atoms with Crippen LogP contribution in [0, 0.1) is 5.13 Å². The summed E-state index contributed by atoms with van der Waals surface area (Å²) in [4.78, 5) is 13.3. The van der Waals surface area contributed by atoms with E-state index in [4.69, 9.17) is 9.88 Å². The summed E-state index contributed by atoms with van der Waals surface area (Å²) in [6, 6.07) is 8.57. The molecule has 0 saturated heterocycles. The van der Waals surface area contributed by atoms with Gasteiger partial charge >= 0.3 is 0 Å². The zero-order valence-corrected chi connectivity index (χ0v) is 15.2. The van der Waals surface area contributed by atoms with Crippen LogP contribution in [0.5, 0.6) is 0 Å². The van der Waals surface area contributed by atoms with Crippen molar-refractivity contribution in [1.82, 2.24) is 0 Å². The third kappa shape index (κ3) is 3.12. The number of carbonyl (C=O) groups excluding carboxylic acids is 1. The number of ketones is 1. The Morgan fingerprint density at radius 2 is 1.84 bits per heavy atom. The van der Waals surface area contributed by atoms with Gasteiger partial charge in [-0.05, 0) is 49.7 Å². The molecular weight excluding hydrogens is 365 g/mol. The molecule has 2 N–H and O–H groups in total. The number of thiophene rings is 1. The SMILES string of the molecule is CCC1(C)OC(c2ccc(S(N)(=O)=O)cc2)=C(c2ccc(F)s2)C1=O. The molecule has 3 rings (SSSR count). The van der Waals surface area contributed by atoms with Crippen molar-refractivity contribution in [1.29, 1.82) is 0 Å². The van der Waals surface area contributed by atoms with Crippen LogP contribution in [-0.2, 0) is 19.6 Å². The molecule has 1 unspecified atom stereocenters. The Morgan fingerprint density at radius 3 is 2.32 bits per heavy atom. The maximum Gasteiger partial charge on any atom is 0.238 e. The van der Waals surface area contributed by atoms with Crippen LogP contribution in [-0.4, -0.2) is 19.8 Å². The molecule has 0 spiro atoms. The smallest absolute Gasteiger partial charge is 0.238 e. The van der Waals surface area contributed by atoms with Gasteiger partial charge in [0.05, 0.1) is 10.5 Å². The molecule has 1 aliphatic rings. The van der Waals surface area contributed by atoms with E-state index in [2.05, 4.69) is 0 Å². The van der Waals surface area contributed by atoms with Crippen molar-refractivity contribution in [3.63, 3.8) is 0 Å². The molecule has 1 aromatic heterocycles. The standard InChI is InChI=1S/C17H16FNO4S2/c1-3-17(2)16(20)14(12-8-9-13(18)24-12)15(23-17)10-4-6-11(7-5-10)25(19,21)22/h4-9H,3H2,1-2H3,(H2,19,21,22).